The van der Waals surface area contributed by atoms with Gasteiger partial charge in [0.2, 0.25) is 0 Å². The first-order valence-corrected chi connectivity index (χ1v) is 5.72. The Labute approximate surface area is 78.4 Å². The Morgan fingerprint density at radius 2 is 2.33 bits per heavy atom. The third kappa shape index (κ3) is 1.38. The normalized spacial score (nSPS) is 48.5. The van der Waals surface area contributed by atoms with E-state index in [1.54, 1.807) is 0 Å². The zero-order chi connectivity index (χ0) is 8.60. The van der Waals surface area contributed by atoms with Gasteiger partial charge in [-0.25, -0.2) is 0 Å². The largest absolute Gasteiger partial charge is 0.376 e. The van der Waals surface area contributed by atoms with Gasteiger partial charge in [-0.3, -0.25) is 0 Å². The molecular formula is C9H17NOS. The molecule has 2 aliphatic rings. The van der Waals surface area contributed by atoms with Gasteiger partial charge in [-0.2, -0.15) is 0 Å². The number of ether oxygens (including phenoxy) is 1. The van der Waals surface area contributed by atoms with Crippen molar-refractivity contribution in [1.82, 2.24) is 5.32 Å². The van der Waals surface area contributed by atoms with E-state index in [4.69, 9.17) is 4.74 Å². The molecule has 70 valence electrons. The molecule has 1 spiro atoms. The summed E-state index contributed by atoms with van der Waals surface area (Å²) < 4.78 is 5.60. The van der Waals surface area contributed by atoms with E-state index in [0.717, 1.165) is 19.1 Å². The monoisotopic (exact) mass is 187 g/mol. The Morgan fingerprint density at radius 1 is 1.50 bits per heavy atom. The van der Waals surface area contributed by atoms with Gasteiger partial charge in [-0.1, -0.05) is 6.92 Å². The standard InChI is InChI=1S/C9H17NOS/c1-7-5-10-9(12-6-7)3-4-11-8(9)2/h7-8,10H,3-6H2,1-2H3. The number of hydrogen-bond donors (Lipinski definition) is 1. The van der Waals surface area contributed by atoms with Crippen LogP contribution in [0.2, 0.25) is 0 Å². The Kier molecular flexibility index (Phi) is 2.36. The molecule has 0 radical (unpaired) electrons. The third-order valence-corrected chi connectivity index (χ3v) is 4.80. The highest BCUT2D eigenvalue weighted by Crippen LogP contribution is 2.39. The first-order valence-electron chi connectivity index (χ1n) is 4.73. The molecular weight excluding hydrogens is 170 g/mol. The van der Waals surface area contributed by atoms with Crippen LogP contribution in [0.25, 0.3) is 0 Å². The summed E-state index contributed by atoms with van der Waals surface area (Å²) in [5, 5.41) is 3.63. The van der Waals surface area contributed by atoms with Crippen LogP contribution in [0.5, 0.6) is 0 Å². The molecule has 0 saturated carbocycles. The summed E-state index contributed by atoms with van der Waals surface area (Å²) in [6, 6.07) is 0. The lowest BCUT2D eigenvalue weighted by Crippen LogP contribution is -2.52. The molecule has 2 heterocycles. The molecule has 2 saturated heterocycles. The van der Waals surface area contributed by atoms with Crippen LogP contribution in [0.15, 0.2) is 0 Å². The summed E-state index contributed by atoms with van der Waals surface area (Å²) in [6.45, 7) is 6.56. The van der Waals surface area contributed by atoms with Gasteiger partial charge in [0.15, 0.2) is 0 Å². The van der Waals surface area contributed by atoms with Crippen LogP contribution in [0.4, 0.5) is 0 Å². The van der Waals surface area contributed by atoms with Crippen LogP contribution in [-0.4, -0.2) is 29.9 Å². The summed E-state index contributed by atoms with van der Waals surface area (Å²) >= 11 is 2.05. The lowest BCUT2D eigenvalue weighted by molar-refractivity contribution is 0.105. The zero-order valence-electron chi connectivity index (χ0n) is 7.80. The number of thioether (sulfide) groups is 1. The Balaban J connectivity index is 2.02. The molecule has 12 heavy (non-hydrogen) atoms. The molecule has 2 fully saturated rings. The molecule has 3 heteroatoms. The van der Waals surface area contributed by atoms with Crippen molar-refractivity contribution < 1.29 is 4.74 Å². The highest BCUT2D eigenvalue weighted by molar-refractivity contribution is 8.00. The highest BCUT2D eigenvalue weighted by Gasteiger charge is 2.43. The van der Waals surface area contributed by atoms with E-state index in [-0.39, 0.29) is 4.87 Å². The van der Waals surface area contributed by atoms with Crippen molar-refractivity contribution in [1.29, 1.82) is 0 Å². The van der Waals surface area contributed by atoms with E-state index in [1.807, 2.05) is 0 Å². The second-order valence-corrected chi connectivity index (χ2v) is 5.30. The topological polar surface area (TPSA) is 21.3 Å². The fraction of sp³-hybridized carbons (Fsp3) is 1.00. The van der Waals surface area contributed by atoms with Crippen LogP contribution >= 0.6 is 11.8 Å². The van der Waals surface area contributed by atoms with Gasteiger partial charge in [-0.05, 0) is 25.1 Å². The number of rotatable bonds is 0. The zero-order valence-corrected chi connectivity index (χ0v) is 8.62. The van der Waals surface area contributed by atoms with Gasteiger partial charge in [0, 0.05) is 13.0 Å². The second-order valence-electron chi connectivity index (χ2n) is 3.95. The van der Waals surface area contributed by atoms with Crippen LogP contribution < -0.4 is 5.32 Å². The third-order valence-electron chi connectivity index (χ3n) is 2.87. The lowest BCUT2D eigenvalue weighted by Gasteiger charge is -2.38. The van der Waals surface area contributed by atoms with Crippen molar-refractivity contribution in [2.24, 2.45) is 5.92 Å². The number of nitrogens with one attached hydrogen (secondary N) is 1. The minimum Gasteiger partial charge on any atom is -0.376 e. The summed E-state index contributed by atoms with van der Waals surface area (Å²) in [7, 11) is 0. The summed E-state index contributed by atoms with van der Waals surface area (Å²) in [5.74, 6) is 2.09. The maximum atomic E-state index is 5.60. The highest BCUT2D eigenvalue weighted by atomic mass is 32.2. The minimum absolute atomic E-state index is 0.256. The van der Waals surface area contributed by atoms with Gasteiger partial charge in [0.25, 0.3) is 0 Å². The fourth-order valence-electron chi connectivity index (χ4n) is 1.89. The summed E-state index contributed by atoms with van der Waals surface area (Å²) in [6.07, 6.45) is 1.56. The molecule has 2 rings (SSSR count). The van der Waals surface area contributed by atoms with E-state index in [1.165, 1.54) is 12.2 Å². The fourth-order valence-corrected chi connectivity index (χ4v) is 3.31. The summed E-state index contributed by atoms with van der Waals surface area (Å²) in [4.78, 5) is 0.256. The van der Waals surface area contributed by atoms with Gasteiger partial charge in [0.1, 0.15) is 0 Å². The van der Waals surface area contributed by atoms with E-state index < -0.39 is 0 Å². The molecule has 1 N–H and O–H groups in total. The summed E-state index contributed by atoms with van der Waals surface area (Å²) in [5.41, 5.74) is 0. The Morgan fingerprint density at radius 3 is 2.83 bits per heavy atom. The van der Waals surface area contributed by atoms with Crippen LogP contribution in [-0.2, 0) is 4.74 Å². The van der Waals surface area contributed by atoms with Gasteiger partial charge in [0.05, 0.1) is 11.0 Å². The predicted molar refractivity (Wildman–Crippen MR) is 52.4 cm³/mol. The van der Waals surface area contributed by atoms with E-state index in [2.05, 4.69) is 30.9 Å². The predicted octanol–water partition coefficient (Wildman–Crippen LogP) is 1.46. The molecule has 2 aliphatic heterocycles. The maximum Gasteiger partial charge on any atom is 0.0929 e. The van der Waals surface area contributed by atoms with Crippen molar-refractivity contribution in [3.05, 3.63) is 0 Å². The van der Waals surface area contributed by atoms with E-state index in [9.17, 15) is 0 Å². The Bertz CT molecular complexity index is 166. The second kappa shape index (κ2) is 3.20. The molecule has 2 nitrogen and oxygen atoms in total. The van der Waals surface area contributed by atoms with E-state index >= 15 is 0 Å². The van der Waals surface area contributed by atoms with Crippen molar-refractivity contribution in [2.75, 3.05) is 18.9 Å². The van der Waals surface area contributed by atoms with Crippen LogP contribution in [0.1, 0.15) is 20.3 Å². The molecule has 0 aromatic carbocycles. The average Bonchev–Trinajstić information content (AvgIpc) is 2.41. The van der Waals surface area contributed by atoms with Crippen molar-refractivity contribution >= 4 is 11.8 Å². The van der Waals surface area contributed by atoms with Gasteiger partial charge < -0.3 is 10.1 Å². The lowest BCUT2D eigenvalue weighted by atomic mass is 10.1. The first-order chi connectivity index (χ1) is 5.73. The molecule has 0 amide bonds. The first kappa shape index (κ1) is 8.85. The van der Waals surface area contributed by atoms with Crippen LogP contribution in [0.3, 0.4) is 0 Å². The van der Waals surface area contributed by atoms with Crippen LogP contribution in [0, 0.1) is 5.92 Å². The Hall–Kier alpha value is 0.270. The molecule has 3 atom stereocenters. The minimum atomic E-state index is 0.256. The quantitative estimate of drug-likeness (QED) is 0.620. The maximum absolute atomic E-state index is 5.60. The molecule has 0 aromatic rings. The van der Waals surface area contributed by atoms with Gasteiger partial charge in [-0.15, -0.1) is 11.8 Å². The SMILES string of the molecule is CC1CNC2(CCOC2C)SC1. The molecule has 0 bridgehead atoms. The average molecular weight is 187 g/mol. The van der Waals surface area contributed by atoms with E-state index in [0.29, 0.717) is 6.10 Å². The van der Waals surface area contributed by atoms with Crippen molar-refractivity contribution in [3.63, 3.8) is 0 Å². The molecule has 0 aromatic heterocycles. The van der Waals surface area contributed by atoms with Crippen molar-refractivity contribution in [2.45, 2.75) is 31.2 Å². The van der Waals surface area contributed by atoms with Gasteiger partial charge >= 0.3 is 0 Å². The molecule has 3 unspecified atom stereocenters. The number of hydrogen-bond acceptors (Lipinski definition) is 3. The molecule has 0 aliphatic carbocycles. The van der Waals surface area contributed by atoms with Crippen molar-refractivity contribution in [3.8, 4) is 0 Å². The smallest absolute Gasteiger partial charge is 0.0929 e.